The minimum Gasteiger partial charge on any atom is -0.396 e. The van der Waals surface area contributed by atoms with Gasteiger partial charge in [0, 0.05) is 28.2 Å². The summed E-state index contributed by atoms with van der Waals surface area (Å²) in [5, 5.41) is 10.1. The number of aryl methyl sites for hydroxylation is 1. The van der Waals surface area contributed by atoms with E-state index < -0.39 is 0 Å². The van der Waals surface area contributed by atoms with Crippen molar-refractivity contribution >= 4 is 26.8 Å². The van der Waals surface area contributed by atoms with Gasteiger partial charge in [-0.05, 0) is 30.5 Å². The van der Waals surface area contributed by atoms with Crippen LogP contribution in [0.3, 0.4) is 0 Å². The lowest BCUT2D eigenvalue weighted by Gasteiger charge is -2.01. The molecule has 3 heteroatoms. The van der Waals surface area contributed by atoms with E-state index in [0.29, 0.717) is 6.42 Å². The van der Waals surface area contributed by atoms with Gasteiger partial charge in [-0.1, -0.05) is 49.7 Å². The Bertz CT molecular complexity index is 463. The van der Waals surface area contributed by atoms with Gasteiger partial charge in [-0.15, -0.1) is 0 Å². The second-order valence-corrected chi connectivity index (χ2v) is 4.26. The van der Waals surface area contributed by atoms with Crippen LogP contribution in [0.25, 0.3) is 10.9 Å². The van der Waals surface area contributed by atoms with Gasteiger partial charge in [0.1, 0.15) is 0 Å². The van der Waals surface area contributed by atoms with Crippen molar-refractivity contribution in [3.05, 3.63) is 33.9 Å². The maximum atomic E-state index is 8.93. The van der Waals surface area contributed by atoms with Crippen molar-refractivity contribution in [1.29, 1.82) is 0 Å². The Morgan fingerprint density at radius 2 is 1.78 bits per heavy atom. The van der Waals surface area contributed by atoms with Gasteiger partial charge in [-0.25, -0.2) is 0 Å². The number of halogens is 1. The van der Waals surface area contributed by atoms with E-state index in [2.05, 4.69) is 33.9 Å². The molecule has 0 aliphatic carbocycles. The molecule has 0 aliphatic rings. The molecule has 0 unspecified atom stereocenters. The van der Waals surface area contributed by atoms with E-state index in [1.165, 1.54) is 10.9 Å². The van der Waals surface area contributed by atoms with Crippen molar-refractivity contribution in [3.63, 3.8) is 0 Å². The third-order valence-electron chi connectivity index (χ3n) is 2.46. The van der Waals surface area contributed by atoms with Gasteiger partial charge in [-0.3, -0.25) is 0 Å². The first-order valence-corrected chi connectivity index (χ1v) is 7.39. The van der Waals surface area contributed by atoms with Gasteiger partial charge in [0.25, 0.3) is 0 Å². The predicted molar refractivity (Wildman–Crippen MR) is 84.2 cm³/mol. The van der Waals surface area contributed by atoms with Gasteiger partial charge in [0.05, 0.1) is 0 Å². The highest BCUT2D eigenvalue weighted by Gasteiger charge is 2.08. The monoisotopic (exact) mass is 313 g/mol. The SMILES string of the molecule is CC.CC.Cc1ccc(Br)c2c(CCO)c[nH]c12. The molecule has 0 spiro atoms. The molecule has 102 valence electrons. The van der Waals surface area contributed by atoms with E-state index in [1.807, 2.05) is 40.0 Å². The summed E-state index contributed by atoms with van der Waals surface area (Å²) in [6.45, 7) is 10.3. The fraction of sp³-hybridized carbons (Fsp3) is 0.467. The Kier molecular flexibility index (Phi) is 8.77. The van der Waals surface area contributed by atoms with Crippen LogP contribution in [0.1, 0.15) is 38.8 Å². The summed E-state index contributed by atoms with van der Waals surface area (Å²) >= 11 is 3.53. The van der Waals surface area contributed by atoms with Gasteiger partial charge < -0.3 is 10.1 Å². The summed E-state index contributed by atoms with van der Waals surface area (Å²) in [7, 11) is 0. The molecule has 2 nitrogen and oxygen atoms in total. The highest BCUT2D eigenvalue weighted by atomic mass is 79.9. The van der Waals surface area contributed by atoms with Crippen LogP contribution < -0.4 is 0 Å². The number of aromatic nitrogens is 1. The molecule has 1 heterocycles. The number of nitrogens with one attached hydrogen (secondary N) is 1. The number of fused-ring (bicyclic) bond motifs is 1. The number of hydrogen-bond donors (Lipinski definition) is 2. The lowest BCUT2D eigenvalue weighted by atomic mass is 10.1. The topological polar surface area (TPSA) is 36.0 Å². The highest BCUT2D eigenvalue weighted by Crippen LogP contribution is 2.29. The van der Waals surface area contributed by atoms with E-state index in [9.17, 15) is 0 Å². The normalized spacial score (nSPS) is 9.28. The van der Waals surface area contributed by atoms with Crippen LogP contribution in [0.15, 0.2) is 22.8 Å². The first-order chi connectivity index (χ1) is 8.74. The summed E-state index contributed by atoms with van der Waals surface area (Å²) < 4.78 is 1.09. The number of rotatable bonds is 2. The molecule has 0 saturated heterocycles. The van der Waals surface area contributed by atoms with Gasteiger partial charge >= 0.3 is 0 Å². The van der Waals surface area contributed by atoms with Gasteiger partial charge in [-0.2, -0.15) is 0 Å². The Labute approximate surface area is 119 Å². The van der Waals surface area contributed by atoms with Crippen LogP contribution in [-0.4, -0.2) is 16.7 Å². The number of benzene rings is 1. The minimum atomic E-state index is 0.188. The van der Waals surface area contributed by atoms with Crippen molar-refractivity contribution in [1.82, 2.24) is 4.98 Å². The van der Waals surface area contributed by atoms with E-state index in [1.54, 1.807) is 0 Å². The second kappa shape index (κ2) is 9.17. The average Bonchev–Trinajstić information content (AvgIpc) is 2.85. The lowest BCUT2D eigenvalue weighted by Crippen LogP contribution is -1.88. The standard InChI is InChI=1S/C11H12BrNO.2C2H6/c1-7-2-3-9(12)10-8(4-5-14)6-13-11(7)10;2*1-2/h2-3,6,13-14H,4-5H2,1H3;2*1-2H3. The molecule has 2 rings (SSSR count). The molecule has 1 aromatic heterocycles. The van der Waals surface area contributed by atoms with E-state index in [-0.39, 0.29) is 6.61 Å². The number of aliphatic hydroxyl groups excluding tert-OH is 1. The Balaban J connectivity index is 0.000000659. The van der Waals surface area contributed by atoms with Crippen LogP contribution in [0.4, 0.5) is 0 Å². The summed E-state index contributed by atoms with van der Waals surface area (Å²) in [5.41, 5.74) is 3.55. The van der Waals surface area contributed by atoms with E-state index in [4.69, 9.17) is 5.11 Å². The number of aromatic amines is 1. The fourth-order valence-corrected chi connectivity index (χ4v) is 2.32. The molecule has 1 aromatic carbocycles. The van der Waals surface area contributed by atoms with E-state index in [0.717, 1.165) is 15.6 Å². The van der Waals surface area contributed by atoms with Crippen LogP contribution in [0, 0.1) is 6.92 Å². The molecule has 0 amide bonds. The Morgan fingerprint density at radius 3 is 2.33 bits per heavy atom. The van der Waals surface area contributed by atoms with Crippen molar-refractivity contribution in [2.45, 2.75) is 41.0 Å². The largest absolute Gasteiger partial charge is 0.396 e. The molecule has 0 saturated carbocycles. The summed E-state index contributed by atoms with van der Waals surface area (Å²) in [6, 6.07) is 4.12. The quantitative estimate of drug-likeness (QED) is 0.818. The molecule has 0 atom stereocenters. The molecular formula is C15H24BrNO. The average molecular weight is 314 g/mol. The highest BCUT2D eigenvalue weighted by molar-refractivity contribution is 9.10. The maximum Gasteiger partial charge on any atom is 0.0497 e. The van der Waals surface area contributed by atoms with Crippen LogP contribution in [0.2, 0.25) is 0 Å². The Morgan fingerprint density at radius 1 is 1.17 bits per heavy atom. The van der Waals surface area contributed by atoms with Crippen LogP contribution in [0.5, 0.6) is 0 Å². The lowest BCUT2D eigenvalue weighted by molar-refractivity contribution is 0.300. The van der Waals surface area contributed by atoms with Crippen LogP contribution >= 0.6 is 15.9 Å². The molecule has 2 aromatic rings. The zero-order valence-corrected chi connectivity index (χ0v) is 13.6. The van der Waals surface area contributed by atoms with Gasteiger partial charge in [0.15, 0.2) is 0 Å². The first kappa shape index (κ1) is 17.2. The summed E-state index contributed by atoms with van der Waals surface area (Å²) in [5.74, 6) is 0. The first-order valence-electron chi connectivity index (χ1n) is 6.60. The second-order valence-electron chi connectivity index (χ2n) is 3.40. The summed E-state index contributed by atoms with van der Waals surface area (Å²) in [4.78, 5) is 3.24. The summed E-state index contributed by atoms with van der Waals surface area (Å²) in [6.07, 6.45) is 2.67. The third kappa shape index (κ3) is 3.85. The molecule has 2 N–H and O–H groups in total. The van der Waals surface area contributed by atoms with Crippen molar-refractivity contribution in [2.24, 2.45) is 0 Å². The molecule has 18 heavy (non-hydrogen) atoms. The zero-order valence-electron chi connectivity index (χ0n) is 12.0. The molecule has 0 fully saturated rings. The molecular weight excluding hydrogens is 290 g/mol. The number of hydrogen-bond acceptors (Lipinski definition) is 1. The van der Waals surface area contributed by atoms with E-state index >= 15 is 0 Å². The maximum absolute atomic E-state index is 8.93. The van der Waals surface area contributed by atoms with Crippen molar-refractivity contribution < 1.29 is 5.11 Å². The van der Waals surface area contributed by atoms with Gasteiger partial charge in [0.2, 0.25) is 0 Å². The molecule has 0 radical (unpaired) electrons. The fourth-order valence-electron chi connectivity index (χ4n) is 1.73. The van der Waals surface area contributed by atoms with Crippen LogP contribution in [-0.2, 0) is 6.42 Å². The third-order valence-corrected chi connectivity index (χ3v) is 3.12. The number of H-pyrrole nitrogens is 1. The van der Waals surface area contributed by atoms with Crippen molar-refractivity contribution in [3.8, 4) is 0 Å². The molecule has 0 bridgehead atoms. The minimum absolute atomic E-state index is 0.188. The number of aliphatic hydroxyl groups is 1. The molecule has 0 aliphatic heterocycles. The Hall–Kier alpha value is -0.800. The predicted octanol–water partition coefficient (Wildman–Crippen LogP) is 4.83. The van der Waals surface area contributed by atoms with Crippen molar-refractivity contribution in [2.75, 3.05) is 6.61 Å². The zero-order chi connectivity index (χ0) is 14.1. The smallest absolute Gasteiger partial charge is 0.0497 e.